The van der Waals surface area contributed by atoms with E-state index in [1.807, 2.05) is 31.2 Å². The topological polar surface area (TPSA) is 54.5 Å². The Balaban J connectivity index is 2.98. The van der Waals surface area contributed by atoms with Gasteiger partial charge >= 0.3 is 0 Å². The predicted octanol–water partition coefficient (Wildman–Crippen LogP) is 2.17. The van der Waals surface area contributed by atoms with Crippen LogP contribution in [0, 0.1) is 19.3 Å². The third kappa shape index (κ3) is 4.35. The summed E-state index contributed by atoms with van der Waals surface area (Å²) in [4.78, 5) is 13.9. The smallest absolute Gasteiger partial charge is 0.241 e. The molecule has 0 aliphatic heterocycles. The minimum atomic E-state index is -3.50. The molecular formula is C17H23NO3S. The zero-order valence-electron chi connectivity index (χ0n) is 13.5. The van der Waals surface area contributed by atoms with Crippen molar-refractivity contribution in [3.05, 3.63) is 35.4 Å². The molecule has 0 spiro atoms. The van der Waals surface area contributed by atoms with Crippen LogP contribution in [0.2, 0.25) is 0 Å². The lowest BCUT2D eigenvalue weighted by atomic mass is 10.1. The highest BCUT2D eigenvalue weighted by Crippen LogP contribution is 2.14. The maximum absolute atomic E-state index is 12.5. The van der Waals surface area contributed by atoms with E-state index in [2.05, 4.69) is 5.92 Å². The summed E-state index contributed by atoms with van der Waals surface area (Å²) in [7, 11) is -3.50. The number of sulfone groups is 1. The first-order valence-corrected chi connectivity index (χ1v) is 8.81. The van der Waals surface area contributed by atoms with Crippen molar-refractivity contribution in [3.63, 3.8) is 0 Å². The van der Waals surface area contributed by atoms with Gasteiger partial charge in [-0.3, -0.25) is 4.79 Å². The Morgan fingerprint density at radius 3 is 2.23 bits per heavy atom. The first-order chi connectivity index (χ1) is 10.2. The average Bonchev–Trinajstić information content (AvgIpc) is 2.47. The van der Waals surface area contributed by atoms with Gasteiger partial charge in [0.05, 0.1) is 11.8 Å². The van der Waals surface area contributed by atoms with Crippen LogP contribution in [0.4, 0.5) is 0 Å². The quantitative estimate of drug-likeness (QED) is 0.755. The third-order valence-corrected chi connectivity index (χ3v) is 6.09. The van der Waals surface area contributed by atoms with Gasteiger partial charge in [-0.05, 0) is 33.3 Å². The van der Waals surface area contributed by atoms with Crippen LogP contribution in [0.25, 0.3) is 0 Å². The van der Waals surface area contributed by atoms with Crippen molar-refractivity contribution < 1.29 is 13.2 Å². The van der Waals surface area contributed by atoms with Crippen LogP contribution in [-0.2, 0) is 21.2 Å². The van der Waals surface area contributed by atoms with Gasteiger partial charge in [-0.15, -0.1) is 6.42 Å². The van der Waals surface area contributed by atoms with E-state index in [4.69, 9.17) is 6.42 Å². The largest absolute Gasteiger partial charge is 0.326 e. The fourth-order valence-corrected chi connectivity index (χ4v) is 3.29. The summed E-state index contributed by atoms with van der Waals surface area (Å²) in [5, 5.41) is -1.69. The molecule has 1 aromatic rings. The normalized spacial score (nSPS) is 12.7. The second-order valence-corrected chi connectivity index (χ2v) is 8.49. The molecule has 0 saturated heterocycles. The van der Waals surface area contributed by atoms with Crippen LogP contribution in [0.1, 0.15) is 31.9 Å². The van der Waals surface area contributed by atoms with E-state index in [1.54, 1.807) is 13.8 Å². The Labute approximate surface area is 133 Å². The van der Waals surface area contributed by atoms with Crippen LogP contribution in [0.3, 0.4) is 0 Å². The van der Waals surface area contributed by atoms with Crippen LogP contribution in [-0.4, -0.2) is 36.3 Å². The van der Waals surface area contributed by atoms with E-state index in [0.29, 0.717) is 6.54 Å². The standard InChI is InChI=1S/C17H23NO3S/c1-6-11-18(12-16-9-7-14(4)8-10-16)17(19)15(5)22(20,21)13(2)3/h1,7-10,13,15H,11-12H2,2-5H3. The third-order valence-electron chi connectivity index (χ3n) is 3.59. The van der Waals surface area contributed by atoms with Gasteiger partial charge in [0, 0.05) is 6.54 Å². The van der Waals surface area contributed by atoms with Gasteiger partial charge in [-0.1, -0.05) is 35.7 Å². The summed E-state index contributed by atoms with van der Waals surface area (Å²) in [6, 6.07) is 7.71. The van der Waals surface area contributed by atoms with Gasteiger partial charge in [0.1, 0.15) is 5.25 Å². The highest BCUT2D eigenvalue weighted by Gasteiger charge is 2.33. The second kappa shape index (κ2) is 7.46. The molecule has 1 atom stereocenters. The molecule has 4 nitrogen and oxygen atoms in total. The molecule has 22 heavy (non-hydrogen) atoms. The van der Waals surface area contributed by atoms with Gasteiger partial charge in [-0.2, -0.15) is 0 Å². The van der Waals surface area contributed by atoms with Crippen molar-refractivity contribution in [2.45, 2.75) is 44.7 Å². The number of nitrogens with zero attached hydrogens (tertiary/aromatic N) is 1. The van der Waals surface area contributed by atoms with Crippen molar-refractivity contribution in [2.24, 2.45) is 0 Å². The molecular weight excluding hydrogens is 298 g/mol. The number of rotatable bonds is 6. The van der Waals surface area contributed by atoms with Gasteiger partial charge in [0.2, 0.25) is 5.91 Å². The van der Waals surface area contributed by atoms with E-state index in [-0.39, 0.29) is 6.54 Å². The van der Waals surface area contributed by atoms with Crippen LogP contribution in [0.5, 0.6) is 0 Å². The number of aryl methyl sites for hydroxylation is 1. The summed E-state index contributed by atoms with van der Waals surface area (Å²) in [5.74, 6) is 1.97. The summed E-state index contributed by atoms with van der Waals surface area (Å²) in [6.45, 7) is 6.95. The fourth-order valence-electron chi connectivity index (χ4n) is 2.04. The molecule has 0 aliphatic rings. The summed E-state index contributed by atoms with van der Waals surface area (Å²) < 4.78 is 24.4. The molecule has 1 aromatic carbocycles. The van der Waals surface area contributed by atoms with Gasteiger partial charge in [0.15, 0.2) is 9.84 Å². The maximum Gasteiger partial charge on any atom is 0.241 e. The summed E-state index contributed by atoms with van der Waals surface area (Å²) in [5.41, 5.74) is 2.04. The van der Waals surface area contributed by atoms with Crippen molar-refractivity contribution in [3.8, 4) is 12.3 Å². The Hall–Kier alpha value is -1.80. The molecule has 0 heterocycles. The molecule has 120 valence electrons. The number of benzene rings is 1. The number of hydrogen-bond donors (Lipinski definition) is 0. The summed E-state index contributed by atoms with van der Waals surface area (Å²) in [6.07, 6.45) is 5.32. The first kappa shape index (κ1) is 18.2. The maximum atomic E-state index is 12.5. The molecule has 5 heteroatoms. The minimum absolute atomic E-state index is 0.0880. The molecule has 0 aromatic heterocycles. The minimum Gasteiger partial charge on any atom is -0.326 e. The first-order valence-electron chi connectivity index (χ1n) is 7.20. The molecule has 0 N–H and O–H groups in total. The number of carbonyl (C=O) groups excluding carboxylic acids is 1. The molecule has 0 saturated carbocycles. The molecule has 1 amide bonds. The van der Waals surface area contributed by atoms with E-state index in [9.17, 15) is 13.2 Å². The van der Waals surface area contributed by atoms with Crippen LogP contribution in [0.15, 0.2) is 24.3 Å². The number of terminal acetylenes is 1. The Kier molecular flexibility index (Phi) is 6.19. The number of hydrogen-bond acceptors (Lipinski definition) is 3. The fraction of sp³-hybridized carbons (Fsp3) is 0.471. The van der Waals surface area contributed by atoms with E-state index in [1.165, 1.54) is 11.8 Å². The summed E-state index contributed by atoms with van der Waals surface area (Å²) >= 11 is 0. The highest BCUT2D eigenvalue weighted by molar-refractivity contribution is 7.93. The van der Waals surface area contributed by atoms with Crippen molar-refractivity contribution >= 4 is 15.7 Å². The zero-order valence-corrected chi connectivity index (χ0v) is 14.4. The lowest BCUT2D eigenvalue weighted by Crippen LogP contribution is -2.43. The van der Waals surface area contributed by atoms with Gasteiger partial charge < -0.3 is 4.90 Å². The Bertz CT molecular complexity index is 654. The zero-order chi connectivity index (χ0) is 16.9. The molecule has 0 bridgehead atoms. The predicted molar refractivity (Wildman–Crippen MR) is 88.9 cm³/mol. The number of carbonyl (C=O) groups is 1. The highest BCUT2D eigenvalue weighted by atomic mass is 32.2. The van der Waals surface area contributed by atoms with Crippen molar-refractivity contribution in [1.82, 2.24) is 4.90 Å². The van der Waals surface area contributed by atoms with Crippen molar-refractivity contribution in [1.29, 1.82) is 0 Å². The molecule has 0 aliphatic carbocycles. The van der Waals surface area contributed by atoms with Crippen molar-refractivity contribution in [2.75, 3.05) is 6.54 Å². The molecule has 0 radical (unpaired) electrons. The van der Waals surface area contributed by atoms with E-state index >= 15 is 0 Å². The number of amides is 1. The molecule has 1 rings (SSSR count). The molecule has 0 fully saturated rings. The lowest BCUT2D eigenvalue weighted by molar-refractivity contribution is -0.130. The van der Waals surface area contributed by atoms with Gasteiger partial charge in [0.25, 0.3) is 0 Å². The Morgan fingerprint density at radius 2 is 1.77 bits per heavy atom. The van der Waals surface area contributed by atoms with Crippen LogP contribution < -0.4 is 0 Å². The SMILES string of the molecule is C#CCN(Cc1ccc(C)cc1)C(=O)C(C)S(=O)(=O)C(C)C. The van der Waals surface area contributed by atoms with Gasteiger partial charge in [-0.25, -0.2) is 8.42 Å². The monoisotopic (exact) mass is 321 g/mol. The van der Waals surface area contributed by atoms with Crippen LogP contribution >= 0.6 is 0 Å². The van der Waals surface area contributed by atoms with E-state index in [0.717, 1.165) is 11.1 Å². The average molecular weight is 321 g/mol. The van der Waals surface area contributed by atoms with E-state index < -0.39 is 26.2 Å². The lowest BCUT2D eigenvalue weighted by Gasteiger charge is -2.25. The second-order valence-electron chi connectivity index (χ2n) is 5.66. The Morgan fingerprint density at radius 1 is 1.23 bits per heavy atom. The molecule has 1 unspecified atom stereocenters.